The van der Waals surface area contributed by atoms with E-state index in [2.05, 4.69) is 19.6 Å². The van der Waals surface area contributed by atoms with Gasteiger partial charge in [-0.1, -0.05) is 26.0 Å². The third-order valence-electron chi connectivity index (χ3n) is 5.14. The first kappa shape index (κ1) is 22.8. The number of rotatable bonds is 8. The van der Waals surface area contributed by atoms with Crippen LogP contribution in [0.2, 0.25) is 0 Å². The summed E-state index contributed by atoms with van der Waals surface area (Å²) in [5.41, 5.74) is 7.40. The van der Waals surface area contributed by atoms with Gasteiger partial charge in [0.15, 0.2) is 0 Å². The van der Waals surface area contributed by atoms with Crippen LogP contribution in [0.15, 0.2) is 53.8 Å². The Morgan fingerprint density at radius 1 is 1.00 bits per heavy atom. The van der Waals surface area contributed by atoms with E-state index in [4.69, 9.17) is 4.74 Å². The Balaban J connectivity index is 2.11. The van der Waals surface area contributed by atoms with E-state index >= 15 is 0 Å². The normalized spacial score (nSPS) is 13.0. The Hall–Kier alpha value is -2.52. The molecule has 0 spiro atoms. The number of aryl methyl sites for hydroxylation is 2. The first-order chi connectivity index (χ1) is 13.7. The van der Waals surface area contributed by atoms with Crippen LogP contribution < -0.4 is 4.74 Å². The minimum absolute atomic E-state index is 0.231. The number of aromatic hydroxyl groups is 1. The average Bonchev–Trinajstić information content (AvgIpc) is 2.70. The maximum Gasteiger partial charge on any atom is 0.121 e. The van der Waals surface area contributed by atoms with Crippen molar-refractivity contribution in [2.45, 2.75) is 52.7 Å². The summed E-state index contributed by atoms with van der Waals surface area (Å²) in [5.74, 6) is 1.26. The van der Waals surface area contributed by atoms with Crippen LogP contribution in [-0.4, -0.2) is 22.4 Å². The molecule has 0 saturated heterocycles. The van der Waals surface area contributed by atoms with Gasteiger partial charge in [-0.25, -0.2) is 0 Å². The average molecular weight is 397 g/mol. The Labute approximate surface area is 173 Å². The van der Waals surface area contributed by atoms with Gasteiger partial charge in [0, 0.05) is 12.8 Å². The summed E-state index contributed by atoms with van der Waals surface area (Å²) in [6.45, 7) is 7.79. The number of ether oxygens (including phenoxy) is 1. The summed E-state index contributed by atoms with van der Waals surface area (Å²) in [6.07, 6.45) is 1.44. The third-order valence-corrected chi connectivity index (χ3v) is 5.14. The second kappa shape index (κ2) is 10.3. The van der Waals surface area contributed by atoms with E-state index in [1.54, 1.807) is 19.2 Å². The predicted molar refractivity (Wildman–Crippen MR) is 116 cm³/mol. The molecule has 0 radical (unpaired) electrons. The first-order valence-electron chi connectivity index (χ1n) is 9.97. The molecule has 0 heterocycles. The molecule has 2 aromatic carbocycles. The van der Waals surface area contributed by atoms with Crippen LogP contribution in [0, 0.1) is 19.8 Å². The Morgan fingerprint density at radius 2 is 1.59 bits per heavy atom. The number of benzene rings is 2. The Morgan fingerprint density at radius 3 is 2.10 bits per heavy atom. The molecule has 2 aromatic rings. The zero-order valence-electron chi connectivity index (χ0n) is 17.9. The first-order valence-corrected chi connectivity index (χ1v) is 9.97. The highest BCUT2D eigenvalue weighted by molar-refractivity contribution is 5.42. The van der Waals surface area contributed by atoms with Crippen molar-refractivity contribution in [1.29, 1.82) is 0 Å². The fourth-order valence-corrected chi connectivity index (χ4v) is 3.23. The molecule has 156 valence electrons. The van der Waals surface area contributed by atoms with E-state index in [-0.39, 0.29) is 11.7 Å². The summed E-state index contributed by atoms with van der Waals surface area (Å²) < 4.78 is 5.16. The monoisotopic (exact) mass is 396 g/mol. The zero-order valence-corrected chi connectivity index (χ0v) is 17.9. The van der Waals surface area contributed by atoms with Crippen LogP contribution in [0.1, 0.15) is 61.2 Å². The SMILES string of the molecule is COc1ccc([C@H](O)CC(=C=CC[C@@H](O)c2cc(C)c(O)c(C)c2)C(C)C)cc1. The van der Waals surface area contributed by atoms with Crippen LogP contribution in [0.4, 0.5) is 0 Å². The standard InChI is InChI=1S/C25H32O4/c1-16(2)20(15-24(27)19-9-11-22(29-5)12-10-19)7-6-8-23(26)21-13-17(3)25(28)18(4)14-21/h6,9-14,16,23-24,26-28H,8,15H2,1-5H3/t7?,23-,24-/m1/s1. The van der Waals surface area contributed by atoms with Gasteiger partial charge in [-0.3, -0.25) is 0 Å². The van der Waals surface area contributed by atoms with Gasteiger partial charge >= 0.3 is 0 Å². The third kappa shape index (κ3) is 6.23. The van der Waals surface area contributed by atoms with E-state index in [1.807, 2.05) is 44.2 Å². The van der Waals surface area contributed by atoms with Crippen molar-refractivity contribution in [3.63, 3.8) is 0 Å². The lowest BCUT2D eigenvalue weighted by Crippen LogP contribution is -2.03. The number of methoxy groups -OCH3 is 1. The second-order valence-electron chi connectivity index (χ2n) is 7.78. The second-order valence-corrected chi connectivity index (χ2v) is 7.78. The van der Waals surface area contributed by atoms with Crippen LogP contribution in [0.5, 0.6) is 11.5 Å². The number of aliphatic hydroxyl groups excluding tert-OH is 2. The highest BCUT2D eigenvalue weighted by atomic mass is 16.5. The summed E-state index contributed by atoms with van der Waals surface area (Å²) in [7, 11) is 1.62. The molecule has 4 heteroatoms. The molecule has 0 bridgehead atoms. The number of aliphatic hydroxyl groups is 2. The van der Waals surface area contributed by atoms with Gasteiger partial charge in [-0.05, 0) is 77.9 Å². The van der Waals surface area contributed by atoms with Crippen LogP contribution >= 0.6 is 0 Å². The van der Waals surface area contributed by atoms with Crippen molar-refractivity contribution in [3.05, 3.63) is 76.0 Å². The minimum Gasteiger partial charge on any atom is -0.507 e. The molecule has 0 unspecified atom stereocenters. The van der Waals surface area contributed by atoms with Crippen molar-refractivity contribution in [1.82, 2.24) is 0 Å². The van der Waals surface area contributed by atoms with Gasteiger partial charge in [0.25, 0.3) is 0 Å². The molecule has 3 N–H and O–H groups in total. The largest absolute Gasteiger partial charge is 0.507 e. The molecule has 0 aliphatic heterocycles. The smallest absolute Gasteiger partial charge is 0.121 e. The molecule has 29 heavy (non-hydrogen) atoms. The molecule has 0 amide bonds. The molecule has 0 aromatic heterocycles. The van der Waals surface area contributed by atoms with E-state index in [1.165, 1.54) is 0 Å². The maximum atomic E-state index is 10.6. The number of hydrogen-bond donors (Lipinski definition) is 3. The molecule has 0 saturated carbocycles. The van der Waals surface area contributed by atoms with Gasteiger partial charge in [0.2, 0.25) is 0 Å². The highest BCUT2D eigenvalue weighted by Gasteiger charge is 2.13. The lowest BCUT2D eigenvalue weighted by atomic mass is 9.94. The molecular formula is C25H32O4. The Kier molecular flexibility index (Phi) is 8.10. The van der Waals surface area contributed by atoms with Crippen molar-refractivity contribution < 1.29 is 20.1 Å². The van der Waals surface area contributed by atoms with Crippen molar-refractivity contribution >= 4 is 0 Å². The van der Waals surface area contributed by atoms with E-state index in [9.17, 15) is 15.3 Å². The topological polar surface area (TPSA) is 69.9 Å². The van der Waals surface area contributed by atoms with Crippen molar-refractivity contribution in [2.24, 2.45) is 5.92 Å². The minimum atomic E-state index is -0.666. The van der Waals surface area contributed by atoms with E-state index < -0.39 is 12.2 Å². The van der Waals surface area contributed by atoms with Gasteiger partial charge < -0.3 is 20.1 Å². The molecule has 2 rings (SSSR count). The summed E-state index contributed by atoms with van der Waals surface area (Å²) >= 11 is 0. The van der Waals surface area contributed by atoms with Crippen LogP contribution in [0.3, 0.4) is 0 Å². The highest BCUT2D eigenvalue weighted by Crippen LogP contribution is 2.28. The molecule has 0 fully saturated rings. The number of phenols is 1. The maximum absolute atomic E-state index is 10.6. The fraction of sp³-hybridized carbons (Fsp3) is 0.400. The van der Waals surface area contributed by atoms with Gasteiger partial charge in [-0.15, -0.1) is 5.73 Å². The number of hydrogen-bond acceptors (Lipinski definition) is 4. The molecule has 2 atom stereocenters. The molecular weight excluding hydrogens is 364 g/mol. The van der Waals surface area contributed by atoms with Crippen molar-refractivity contribution in [2.75, 3.05) is 7.11 Å². The van der Waals surface area contributed by atoms with E-state index in [0.29, 0.717) is 12.8 Å². The quantitative estimate of drug-likeness (QED) is 0.530. The number of phenolic OH excluding ortho intramolecular Hbond substituents is 1. The Bertz CT molecular complexity index is 851. The van der Waals surface area contributed by atoms with E-state index in [0.717, 1.165) is 33.6 Å². The summed E-state index contributed by atoms with van der Waals surface area (Å²) in [6, 6.07) is 11.0. The summed E-state index contributed by atoms with van der Waals surface area (Å²) in [5, 5.41) is 31.0. The van der Waals surface area contributed by atoms with Crippen LogP contribution in [0.25, 0.3) is 0 Å². The van der Waals surface area contributed by atoms with Gasteiger partial charge in [-0.2, -0.15) is 0 Å². The zero-order chi connectivity index (χ0) is 21.6. The lowest BCUT2D eigenvalue weighted by molar-refractivity contribution is 0.175. The molecule has 0 aliphatic carbocycles. The van der Waals surface area contributed by atoms with Gasteiger partial charge in [0.05, 0.1) is 19.3 Å². The summed E-state index contributed by atoms with van der Waals surface area (Å²) in [4.78, 5) is 0. The molecule has 4 nitrogen and oxygen atoms in total. The fourth-order valence-electron chi connectivity index (χ4n) is 3.23. The molecule has 0 aliphatic rings. The van der Waals surface area contributed by atoms with Gasteiger partial charge in [0.1, 0.15) is 11.5 Å². The lowest BCUT2D eigenvalue weighted by Gasteiger charge is -2.15. The van der Waals surface area contributed by atoms with Crippen LogP contribution in [-0.2, 0) is 0 Å². The van der Waals surface area contributed by atoms with Crippen molar-refractivity contribution in [3.8, 4) is 11.5 Å². The predicted octanol–water partition coefficient (Wildman–Crippen LogP) is 5.30.